The van der Waals surface area contributed by atoms with Crippen LogP contribution in [-0.2, 0) is 10.8 Å². The molecule has 2 heterocycles. The van der Waals surface area contributed by atoms with Crippen molar-refractivity contribution in [3.63, 3.8) is 0 Å². The zero-order valence-electron chi connectivity index (χ0n) is 21.8. The quantitative estimate of drug-likeness (QED) is 0.273. The maximum absolute atomic E-state index is 10.4. The van der Waals surface area contributed by atoms with Gasteiger partial charge in [-0.1, -0.05) is 71.9 Å². The highest BCUT2D eigenvalue weighted by molar-refractivity contribution is 7.21. The summed E-state index contributed by atoms with van der Waals surface area (Å²) in [6, 6.07) is 24.8. The molecule has 0 atom stereocenters. The van der Waals surface area contributed by atoms with Crippen LogP contribution in [0.5, 0.6) is 5.75 Å². The highest BCUT2D eigenvalue weighted by Crippen LogP contribution is 2.40. The van der Waals surface area contributed by atoms with Crippen molar-refractivity contribution >= 4 is 21.6 Å². The third kappa shape index (κ3) is 4.66. The van der Waals surface area contributed by atoms with E-state index >= 15 is 0 Å². The van der Waals surface area contributed by atoms with Gasteiger partial charge in [0.1, 0.15) is 10.8 Å². The van der Waals surface area contributed by atoms with Crippen molar-refractivity contribution in [1.29, 1.82) is 0 Å². The number of fused-ring (bicyclic) bond motifs is 1. The second-order valence-electron chi connectivity index (χ2n) is 11.4. The summed E-state index contributed by atoms with van der Waals surface area (Å²) in [6.45, 7) is 13.4. The Balaban J connectivity index is 1.71. The fraction of sp³-hybridized carbons (Fsp3) is 0.250. The van der Waals surface area contributed by atoms with Crippen molar-refractivity contribution < 1.29 is 5.11 Å². The third-order valence-electron chi connectivity index (χ3n) is 6.59. The summed E-state index contributed by atoms with van der Waals surface area (Å²) in [5.41, 5.74) is 8.56. The number of aromatic nitrogens is 2. The molecule has 182 valence electrons. The van der Waals surface area contributed by atoms with Crippen LogP contribution in [0.2, 0.25) is 0 Å². The van der Waals surface area contributed by atoms with Gasteiger partial charge in [0, 0.05) is 17.3 Å². The molecule has 0 saturated carbocycles. The van der Waals surface area contributed by atoms with Gasteiger partial charge in [0.15, 0.2) is 0 Å². The maximum Gasteiger partial charge on any atom is 0.128 e. The molecule has 4 heteroatoms. The van der Waals surface area contributed by atoms with Crippen LogP contribution in [-0.4, -0.2) is 15.1 Å². The minimum atomic E-state index is -0.0244. The summed E-state index contributed by atoms with van der Waals surface area (Å²) in [4.78, 5) is 9.76. The number of phenols is 1. The van der Waals surface area contributed by atoms with E-state index in [0.717, 1.165) is 43.2 Å². The van der Waals surface area contributed by atoms with Crippen LogP contribution in [0.1, 0.15) is 52.7 Å². The Kier molecular flexibility index (Phi) is 5.96. The Morgan fingerprint density at radius 3 is 2.11 bits per heavy atom. The third-order valence-corrected chi connectivity index (χ3v) is 7.64. The lowest BCUT2D eigenvalue weighted by Gasteiger charge is -2.22. The number of nitrogens with zero attached hydrogens (tertiary/aromatic N) is 2. The second-order valence-corrected chi connectivity index (χ2v) is 12.4. The van der Waals surface area contributed by atoms with E-state index in [9.17, 15) is 5.11 Å². The Morgan fingerprint density at radius 1 is 0.694 bits per heavy atom. The number of hydrogen-bond donors (Lipinski definition) is 1. The summed E-state index contributed by atoms with van der Waals surface area (Å²) in [5, 5.41) is 11.2. The molecule has 0 amide bonds. The summed E-state index contributed by atoms with van der Waals surface area (Å²) in [7, 11) is 0. The first kappa shape index (κ1) is 24.2. The van der Waals surface area contributed by atoms with Crippen LogP contribution in [0.4, 0.5) is 0 Å². The van der Waals surface area contributed by atoms with Crippen molar-refractivity contribution in [2.24, 2.45) is 0 Å². The van der Waals surface area contributed by atoms with Gasteiger partial charge in [0.25, 0.3) is 0 Å². The monoisotopic (exact) mass is 492 g/mol. The molecule has 0 bridgehead atoms. The standard InChI is InChI=1S/C32H32N2OS/c1-31(2,3)22-14-15-33-26(19-22)21-16-20(17-23(18-21)32(4,5)6)24-11-9-13-28-29(24)34-30(36-28)25-10-7-8-12-27(25)35/h7-19,35H,1-6H3. The fourth-order valence-corrected chi connectivity index (χ4v) is 5.40. The SMILES string of the molecule is CC(C)(C)c1cc(-c2cc(C(C)(C)C)ccn2)cc(-c2cccc3sc(-c4ccccc4O)nc23)c1. The molecule has 5 aromatic rings. The molecule has 0 unspecified atom stereocenters. The molecule has 0 radical (unpaired) electrons. The predicted octanol–water partition coefficient (Wildman–Crippen LogP) is 8.99. The van der Waals surface area contributed by atoms with Crippen LogP contribution >= 0.6 is 11.3 Å². The molecule has 2 aromatic heterocycles. The van der Waals surface area contributed by atoms with Crippen LogP contribution < -0.4 is 0 Å². The maximum atomic E-state index is 10.4. The summed E-state index contributed by atoms with van der Waals surface area (Å²) in [5.74, 6) is 0.250. The van der Waals surface area contributed by atoms with Crippen LogP contribution in [0.25, 0.3) is 43.2 Å². The number of aromatic hydroxyl groups is 1. The Labute approximate surface area is 217 Å². The van der Waals surface area contributed by atoms with Crippen LogP contribution in [0, 0.1) is 0 Å². The van der Waals surface area contributed by atoms with Gasteiger partial charge in [-0.2, -0.15) is 0 Å². The molecule has 36 heavy (non-hydrogen) atoms. The van der Waals surface area contributed by atoms with Crippen molar-refractivity contribution in [1.82, 2.24) is 9.97 Å². The number of thiazole rings is 1. The van der Waals surface area contributed by atoms with Crippen molar-refractivity contribution in [3.05, 3.63) is 90.1 Å². The van der Waals surface area contributed by atoms with E-state index < -0.39 is 0 Å². The van der Waals surface area contributed by atoms with Crippen molar-refractivity contribution in [2.75, 3.05) is 0 Å². The largest absolute Gasteiger partial charge is 0.507 e. The molecule has 1 N–H and O–H groups in total. The number of benzene rings is 3. The summed E-state index contributed by atoms with van der Waals surface area (Å²) < 4.78 is 1.10. The number of pyridine rings is 1. The lowest BCUT2D eigenvalue weighted by atomic mass is 9.83. The first-order valence-electron chi connectivity index (χ1n) is 12.3. The molecule has 0 spiro atoms. The van der Waals surface area contributed by atoms with Gasteiger partial charge < -0.3 is 5.11 Å². The molecule has 0 aliphatic heterocycles. The molecule has 0 saturated heterocycles. The Hall–Kier alpha value is -3.50. The Bertz CT molecular complexity index is 1570. The van der Waals surface area contributed by atoms with Gasteiger partial charge in [-0.3, -0.25) is 4.98 Å². The number of para-hydroxylation sites is 2. The summed E-state index contributed by atoms with van der Waals surface area (Å²) in [6.07, 6.45) is 1.92. The fourth-order valence-electron chi connectivity index (χ4n) is 4.37. The number of phenolic OH excluding ortho intramolecular Hbond substituents is 1. The zero-order chi connectivity index (χ0) is 25.7. The normalized spacial score (nSPS) is 12.3. The lowest BCUT2D eigenvalue weighted by molar-refractivity contribution is 0.477. The van der Waals surface area contributed by atoms with Crippen molar-refractivity contribution in [2.45, 2.75) is 52.4 Å². The average Bonchev–Trinajstić information content (AvgIpc) is 3.27. The molecule has 0 aliphatic rings. The van der Waals surface area contributed by atoms with E-state index in [0.29, 0.717) is 0 Å². The topological polar surface area (TPSA) is 46.0 Å². The lowest BCUT2D eigenvalue weighted by Crippen LogP contribution is -2.12. The Morgan fingerprint density at radius 2 is 1.39 bits per heavy atom. The first-order valence-corrected chi connectivity index (χ1v) is 13.1. The van der Waals surface area contributed by atoms with Gasteiger partial charge in [0.05, 0.1) is 21.5 Å². The molecule has 3 nitrogen and oxygen atoms in total. The molecular formula is C32H32N2OS. The molecule has 5 rings (SSSR count). The van der Waals surface area contributed by atoms with Gasteiger partial charge in [-0.05, 0) is 70.0 Å². The van der Waals surface area contributed by atoms with Crippen LogP contribution in [0.3, 0.4) is 0 Å². The first-order chi connectivity index (χ1) is 17.0. The van der Waals surface area contributed by atoms with Gasteiger partial charge in [0.2, 0.25) is 0 Å². The highest BCUT2D eigenvalue weighted by Gasteiger charge is 2.20. The zero-order valence-corrected chi connectivity index (χ0v) is 22.6. The van der Waals surface area contributed by atoms with Crippen LogP contribution in [0.15, 0.2) is 79.0 Å². The molecule has 0 aliphatic carbocycles. The number of rotatable bonds is 3. The highest BCUT2D eigenvalue weighted by atomic mass is 32.1. The van der Waals surface area contributed by atoms with Gasteiger partial charge in [-0.15, -0.1) is 11.3 Å². The van der Waals surface area contributed by atoms with E-state index in [1.54, 1.807) is 17.4 Å². The van der Waals surface area contributed by atoms with E-state index in [2.05, 4.69) is 90.1 Å². The second kappa shape index (κ2) is 8.86. The minimum absolute atomic E-state index is 0.0244. The predicted molar refractivity (Wildman–Crippen MR) is 153 cm³/mol. The van der Waals surface area contributed by atoms with Gasteiger partial charge in [-0.25, -0.2) is 4.98 Å². The minimum Gasteiger partial charge on any atom is -0.507 e. The molecule has 0 fully saturated rings. The van der Waals surface area contributed by atoms with E-state index in [1.165, 1.54) is 11.1 Å². The molecule has 3 aromatic carbocycles. The van der Waals surface area contributed by atoms with E-state index in [-0.39, 0.29) is 16.6 Å². The van der Waals surface area contributed by atoms with Gasteiger partial charge >= 0.3 is 0 Å². The summed E-state index contributed by atoms with van der Waals surface area (Å²) >= 11 is 1.60. The van der Waals surface area contributed by atoms with E-state index in [4.69, 9.17) is 9.97 Å². The number of hydrogen-bond acceptors (Lipinski definition) is 4. The molecular weight excluding hydrogens is 460 g/mol. The van der Waals surface area contributed by atoms with Crippen molar-refractivity contribution in [3.8, 4) is 38.7 Å². The average molecular weight is 493 g/mol. The smallest absolute Gasteiger partial charge is 0.128 e. The van der Waals surface area contributed by atoms with E-state index in [1.807, 2.05) is 24.4 Å².